The molecule has 0 heterocycles. The highest BCUT2D eigenvalue weighted by Crippen LogP contribution is 2.32. The van der Waals surface area contributed by atoms with E-state index in [0.29, 0.717) is 17.7 Å². The van der Waals surface area contributed by atoms with Crippen LogP contribution in [-0.4, -0.2) is 16.8 Å². The van der Waals surface area contributed by atoms with Gasteiger partial charge in [-0.15, -0.1) is 0 Å². The van der Waals surface area contributed by atoms with Gasteiger partial charge in [0.05, 0.1) is 5.56 Å². The SMILES string of the molecule is Cc1ccc(C(=O)N(Cc2ccc(C(F)(F)F)cc2)C2CC2)cc1. The summed E-state index contributed by atoms with van der Waals surface area (Å²) in [5, 5.41) is 0. The molecule has 2 aromatic carbocycles. The van der Waals surface area contributed by atoms with Gasteiger partial charge in [0.25, 0.3) is 5.91 Å². The summed E-state index contributed by atoms with van der Waals surface area (Å²) in [5.41, 5.74) is 1.72. The third-order valence-electron chi connectivity index (χ3n) is 4.18. The van der Waals surface area contributed by atoms with Crippen molar-refractivity contribution in [3.8, 4) is 0 Å². The van der Waals surface area contributed by atoms with Crippen LogP contribution < -0.4 is 0 Å². The Morgan fingerprint density at radius 2 is 1.62 bits per heavy atom. The molecule has 5 heteroatoms. The Hall–Kier alpha value is -2.30. The van der Waals surface area contributed by atoms with Gasteiger partial charge in [0.2, 0.25) is 0 Å². The van der Waals surface area contributed by atoms with E-state index in [4.69, 9.17) is 0 Å². The van der Waals surface area contributed by atoms with Gasteiger partial charge in [-0.25, -0.2) is 0 Å². The molecule has 0 spiro atoms. The molecule has 126 valence electrons. The van der Waals surface area contributed by atoms with E-state index in [1.807, 2.05) is 19.1 Å². The van der Waals surface area contributed by atoms with Crippen molar-refractivity contribution in [2.75, 3.05) is 0 Å². The van der Waals surface area contributed by atoms with Gasteiger partial charge in [0.15, 0.2) is 0 Å². The smallest absolute Gasteiger partial charge is 0.331 e. The highest BCUT2D eigenvalue weighted by atomic mass is 19.4. The maximum absolute atomic E-state index is 12.7. The van der Waals surface area contributed by atoms with Crippen molar-refractivity contribution in [2.45, 2.75) is 38.5 Å². The monoisotopic (exact) mass is 333 g/mol. The van der Waals surface area contributed by atoms with Crippen LogP contribution in [-0.2, 0) is 12.7 Å². The summed E-state index contributed by atoms with van der Waals surface area (Å²) in [4.78, 5) is 14.5. The highest BCUT2D eigenvalue weighted by molar-refractivity contribution is 5.94. The molecular formula is C19H18F3NO. The summed E-state index contributed by atoms with van der Waals surface area (Å²) in [6, 6.07) is 12.6. The summed E-state index contributed by atoms with van der Waals surface area (Å²) in [5.74, 6) is -0.0719. The Labute approximate surface area is 138 Å². The molecular weight excluding hydrogens is 315 g/mol. The first-order chi connectivity index (χ1) is 11.3. The molecule has 0 atom stereocenters. The van der Waals surface area contributed by atoms with Crippen LogP contribution in [0.5, 0.6) is 0 Å². The minimum atomic E-state index is -4.34. The maximum Gasteiger partial charge on any atom is 0.416 e. The van der Waals surface area contributed by atoms with Crippen LogP contribution in [0.25, 0.3) is 0 Å². The first-order valence-electron chi connectivity index (χ1n) is 7.88. The molecule has 3 rings (SSSR count). The minimum Gasteiger partial charge on any atom is -0.331 e. The van der Waals surface area contributed by atoms with E-state index in [-0.39, 0.29) is 11.9 Å². The van der Waals surface area contributed by atoms with E-state index in [1.54, 1.807) is 17.0 Å². The van der Waals surface area contributed by atoms with Crippen molar-refractivity contribution in [3.05, 3.63) is 70.8 Å². The quantitative estimate of drug-likeness (QED) is 0.785. The summed E-state index contributed by atoms with van der Waals surface area (Å²) < 4.78 is 37.9. The number of hydrogen-bond acceptors (Lipinski definition) is 1. The number of nitrogens with zero attached hydrogens (tertiary/aromatic N) is 1. The lowest BCUT2D eigenvalue weighted by Gasteiger charge is -2.23. The summed E-state index contributed by atoms with van der Waals surface area (Å²) in [6.45, 7) is 2.28. The van der Waals surface area contributed by atoms with Gasteiger partial charge < -0.3 is 4.90 Å². The topological polar surface area (TPSA) is 20.3 Å². The average Bonchev–Trinajstić information content (AvgIpc) is 3.37. The molecule has 0 radical (unpaired) electrons. The van der Waals surface area contributed by atoms with Gasteiger partial charge in [-0.05, 0) is 49.6 Å². The number of rotatable bonds is 4. The van der Waals surface area contributed by atoms with Crippen molar-refractivity contribution >= 4 is 5.91 Å². The van der Waals surface area contributed by atoms with Crippen LogP contribution in [0.3, 0.4) is 0 Å². The molecule has 0 bridgehead atoms. The summed E-state index contributed by atoms with van der Waals surface area (Å²) >= 11 is 0. The van der Waals surface area contributed by atoms with E-state index in [1.165, 1.54) is 12.1 Å². The zero-order chi connectivity index (χ0) is 17.3. The summed E-state index contributed by atoms with van der Waals surface area (Å²) in [6.07, 6.45) is -2.46. The fourth-order valence-electron chi connectivity index (χ4n) is 2.61. The Balaban J connectivity index is 1.77. The average molecular weight is 333 g/mol. The van der Waals surface area contributed by atoms with Crippen molar-refractivity contribution < 1.29 is 18.0 Å². The number of benzene rings is 2. The van der Waals surface area contributed by atoms with Crippen molar-refractivity contribution in [3.63, 3.8) is 0 Å². The standard InChI is InChI=1S/C19H18F3NO/c1-13-2-6-15(7-3-13)18(24)23(17-10-11-17)12-14-4-8-16(9-5-14)19(20,21)22/h2-9,17H,10-12H2,1H3. The van der Waals surface area contributed by atoms with Gasteiger partial charge in [0.1, 0.15) is 0 Å². The Morgan fingerprint density at radius 3 is 2.12 bits per heavy atom. The van der Waals surface area contributed by atoms with Crippen molar-refractivity contribution in [1.29, 1.82) is 0 Å². The Bertz CT molecular complexity index is 716. The number of halogens is 3. The Morgan fingerprint density at radius 1 is 1.04 bits per heavy atom. The second kappa shape index (κ2) is 6.30. The maximum atomic E-state index is 12.7. The predicted octanol–water partition coefficient (Wildman–Crippen LogP) is 4.82. The van der Waals surface area contributed by atoms with Crippen LogP contribution >= 0.6 is 0 Å². The van der Waals surface area contributed by atoms with E-state index in [9.17, 15) is 18.0 Å². The number of carbonyl (C=O) groups excluding carboxylic acids is 1. The van der Waals surface area contributed by atoms with E-state index in [2.05, 4.69) is 0 Å². The molecule has 2 aromatic rings. The van der Waals surface area contributed by atoms with Gasteiger partial charge >= 0.3 is 6.18 Å². The van der Waals surface area contributed by atoms with Crippen LogP contribution in [0.2, 0.25) is 0 Å². The molecule has 2 nitrogen and oxygen atoms in total. The lowest BCUT2D eigenvalue weighted by molar-refractivity contribution is -0.137. The van der Waals surface area contributed by atoms with Gasteiger partial charge in [-0.1, -0.05) is 29.8 Å². The summed E-state index contributed by atoms with van der Waals surface area (Å²) in [7, 11) is 0. The fourth-order valence-corrected chi connectivity index (χ4v) is 2.61. The van der Waals surface area contributed by atoms with Crippen LogP contribution in [0.15, 0.2) is 48.5 Å². The van der Waals surface area contributed by atoms with Gasteiger partial charge in [-0.3, -0.25) is 4.79 Å². The fraction of sp³-hybridized carbons (Fsp3) is 0.316. The van der Waals surface area contributed by atoms with Gasteiger partial charge in [0, 0.05) is 18.2 Å². The zero-order valence-electron chi connectivity index (χ0n) is 13.3. The third kappa shape index (κ3) is 3.78. The molecule has 1 aliphatic carbocycles. The number of hydrogen-bond donors (Lipinski definition) is 0. The van der Waals surface area contributed by atoms with E-state index in [0.717, 1.165) is 30.5 Å². The molecule has 1 aliphatic rings. The predicted molar refractivity (Wildman–Crippen MR) is 85.5 cm³/mol. The van der Waals surface area contributed by atoms with Crippen LogP contribution in [0.4, 0.5) is 13.2 Å². The first-order valence-corrected chi connectivity index (χ1v) is 7.88. The highest BCUT2D eigenvalue weighted by Gasteiger charge is 2.33. The molecule has 0 N–H and O–H groups in total. The number of alkyl halides is 3. The zero-order valence-corrected chi connectivity index (χ0v) is 13.3. The second-order valence-electron chi connectivity index (χ2n) is 6.22. The van der Waals surface area contributed by atoms with Gasteiger partial charge in [-0.2, -0.15) is 13.2 Å². The molecule has 0 unspecified atom stereocenters. The Kier molecular flexibility index (Phi) is 4.35. The molecule has 24 heavy (non-hydrogen) atoms. The van der Waals surface area contributed by atoms with Crippen LogP contribution in [0, 0.1) is 6.92 Å². The second-order valence-corrected chi connectivity index (χ2v) is 6.22. The minimum absolute atomic E-state index is 0.0719. The van der Waals surface area contributed by atoms with Crippen molar-refractivity contribution in [2.24, 2.45) is 0 Å². The number of carbonyl (C=O) groups is 1. The third-order valence-corrected chi connectivity index (χ3v) is 4.18. The largest absolute Gasteiger partial charge is 0.416 e. The molecule has 1 saturated carbocycles. The molecule has 0 aromatic heterocycles. The first kappa shape index (κ1) is 16.6. The molecule has 1 amide bonds. The van der Waals surface area contributed by atoms with Crippen molar-refractivity contribution in [1.82, 2.24) is 4.90 Å². The van der Waals surface area contributed by atoms with E-state index < -0.39 is 11.7 Å². The lowest BCUT2D eigenvalue weighted by Crippen LogP contribution is -2.32. The van der Waals surface area contributed by atoms with E-state index >= 15 is 0 Å². The number of aryl methyl sites for hydroxylation is 1. The lowest BCUT2D eigenvalue weighted by atomic mass is 10.1. The normalized spacial score (nSPS) is 14.5. The molecule has 0 aliphatic heterocycles. The molecule has 0 saturated heterocycles. The number of amides is 1. The molecule has 1 fully saturated rings. The van der Waals surface area contributed by atoms with Crippen LogP contribution in [0.1, 0.15) is 39.9 Å².